The van der Waals surface area contributed by atoms with Crippen molar-refractivity contribution in [2.75, 3.05) is 31.2 Å². The molecule has 0 fully saturated rings. The van der Waals surface area contributed by atoms with E-state index in [0.29, 0.717) is 25.4 Å². The Morgan fingerprint density at radius 1 is 1.50 bits per heavy atom. The quantitative estimate of drug-likeness (QED) is 0.451. The van der Waals surface area contributed by atoms with Gasteiger partial charge in [-0.05, 0) is 12.1 Å². The zero-order valence-electron chi connectivity index (χ0n) is 9.38. The van der Waals surface area contributed by atoms with Crippen LogP contribution in [0.15, 0.2) is 18.2 Å². The molecule has 0 amide bonds. The van der Waals surface area contributed by atoms with Crippen LogP contribution < -0.4 is 4.90 Å². The number of benzene rings is 1. The van der Waals surface area contributed by atoms with E-state index >= 15 is 0 Å². The number of aliphatic hydroxyl groups is 1. The van der Waals surface area contributed by atoms with Crippen LogP contribution in [0.2, 0.25) is 0 Å². The molecule has 0 aliphatic carbocycles. The van der Waals surface area contributed by atoms with Gasteiger partial charge in [0.1, 0.15) is 23.0 Å². The lowest BCUT2D eigenvalue weighted by Crippen LogP contribution is -2.29. The highest BCUT2D eigenvalue weighted by Gasteiger charge is 2.17. The Bertz CT molecular complexity index is 419. The molecule has 8 heteroatoms. The number of halogens is 2. The predicted molar refractivity (Wildman–Crippen MR) is 72.3 cm³/mol. The summed E-state index contributed by atoms with van der Waals surface area (Å²) in [4.78, 5) is 11.6. The molecule has 0 saturated heterocycles. The van der Waals surface area contributed by atoms with E-state index in [1.807, 2.05) is 0 Å². The van der Waals surface area contributed by atoms with E-state index in [1.54, 1.807) is 27.9 Å². The molecule has 0 aliphatic rings. The van der Waals surface area contributed by atoms with Gasteiger partial charge in [-0.15, -0.1) is 0 Å². The van der Waals surface area contributed by atoms with Gasteiger partial charge >= 0.3 is 5.69 Å². The third kappa shape index (κ3) is 4.03. The Morgan fingerprint density at radius 3 is 2.78 bits per heavy atom. The Morgan fingerprint density at radius 2 is 2.22 bits per heavy atom. The van der Waals surface area contributed by atoms with Crippen molar-refractivity contribution in [1.82, 2.24) is 0 Å². The zero-order chi connectivity index (χ0) is 13.5. The van der Waals surface area contributed by atoms with Gasteiger partial charge in [-0.3, -0.25) is 10.1 Å². The predicted octanol–water partition coefficient (Wildman–Crippen LogP) is 1.90. The van der Waals surface area contributed by atoms with E-state index in [2.05, 4.69) is 0 Å². The highest BCUT2D eigenvalue weighted by atomic mass is 127. The first-order chi connectivity index (χ1) is 8.60. The van der Waals surface area contributed by atoms with E-state index in [9.17, 15) is 14.5 Å². The minimum Gasteiger partial charge on any atom is -0.395 e. The number of aliphatic hydroxyl groups excluding tert-OH is 1. The summed E-state index contributed by atoms with van der Waals surface area (Å²) in [5.74, 6) is -0.877. The Labute approximate surface area is 117 Å². The van der Waals surface area contributed by atoms with Crippen LogP contribution in [-0.2, 0) is 3.07 Å². The fraction of sp³-hybridized carbons (Fsp3) is 0.400. The second kappa shape index (κ2) is 7.44. The first kappa shape index (κ1) is 15.1. The van der Waals surface area contributed by atoms with Gasteiger partial charge in [0.15, 0.2) is 0 Å². The summed E-state index contributed by atoms with van der Waals surface area (Å²) in [5.41, 5.74) is -0.101. The first-order valence-corrected chi connectivity index (χ1v) is 6.01. The van der Waals surface area contributed by atoms with E-state index in [0.717, 1.165) is 12.1 Å². The van der Waals surface area contributed by atoms with Crippen LogP contribution in [0, 0.1) is 15.9 Å². The molecule has 1 aromatic rings. The second-order valence-electron chi connectivity index (χ2n) is 3.42. The third-order valence-electron chi connectivity index (χ3n) is 2.30. The van der Waals surface area contributed by atoms with Crippen molar-refractivity contribution in [3.05, 3.63) is 34.1 Å². The highest BCUT2D eigenvalue weighted by Crippen LogP contribution is 2.24. The molecule has 0 radical (unpaired) electrons. The van der Waals surface area contributed by atoms with E-state index in [4.69, 9.17) is 8.17 Å². The van der Waals surface area contributed by atoms with Gasteiger partial charge in [0.25, 0.3) is 0 Å². The minimum absolute atomic E-state index is 0.105. The lowest BCUT2D eigenvalue weighted by molar-refractivity contribution is -0.387. The summed E-state index contributed by atoms with van der Waals surface area (Å²) in [6.07, 6.45) is 0. The summed E-state index contributed by atoms with van der Waals surface area (Å²) in [6, 6.07) is 3.63. The fourth-order valence-electron chi connectivity index (χ4n) is 1.47. The summed E-state index contributed by atoms with van der Waals surface area (Å²) < 4.78 is 18.1. The maximum absolute atomic E-state index is 13.2. The number of hydrogen-bond acceptors (Lipinski definition) is 5. The Hall–Kier alpha value is -1.00. The molecule has 1 N–H and O–H groups in total. The van der Waals surface area contributed by atoms with Gasteiger partial charge in [-0.1, -0.05) is 0 Å². The van der Waals surface area contributed by atoms with Gasteiger partial charge in [-0.2, -0.15) is 4.39 Å². The second-order valence-corrected chi connectivity index (χ2v) is 4.04. The van der Waals surface area contributed by atoms with E-state index in [1.165, 1.54) is 6.07 Å². The molecule has 0 saturated carbocycles. The van der Waals surface area contributed by atoms with Crippen molar-refractivity contribution in [2.45, 2.75) is 0 Å². The van der Waals surface area contributed by atoms with Crippen LogP contribution in [0.4, 0.5) is 15.8 Å². The average Bonchev–Trinajstić information content (AvgIpc) is 2.35. The van der Waals surface area contributed by atoms with Crippen molar-refractivity contribution in [3.63, 3.8) is 0 Å². The van der Waals surface area contributed by atoms with Crippen molar-refractivity contribution in [1.29, 1.82) is 0 Å². The minimum atomic E-state index is -0.877. The molecule has 1 aromatic carbocycles. The third-order valence-corrected chi connectivity index (χ3v) is 2.74. The lowest BCUT2D eigenvalue weighted by atomic mass is 10.2. The number of hydrogen-bond donors (Lipinski definition) is 1. The molecule has 0 heterocycles. The Kier molecular flexibility index (Phi) is 6.22. The summed E-state index contributed by atoms with van der Waals surface area (Å²) >= 11 is 1.73. The first-order valence-electron chi connectivity index (χ1n) is 5.13. The molecule has 18 heavy (non-hydrogen) atoms. The highest BCUT2D eigenvalue weighted by molar-refractivity contribution is 14.1. The maximum atomic E-state index is 13.2. The van der Waals surface area contributed by atoms with Crippen molar-refractivity contribution >= 4 is 34.4 Å². The van der Waals surface area contributed by atoms with Crippen LogP contribution in [0.5, 0.6) is 0 Å². The van der Waals surface area contributed by atoms with Crippen LogP contribution in [0.3, 0.4) is 0 Å². The van der Waals surface area contributed by atoms with Gasteiger partial charge < -0.3 is 13.1 Å². The van der Waals surface area contributed by atoms with Gasteiger partial charge in [0.2, 0.25) is 5.82 Å². The standard InChI is InChI=1S/C10H12FIN2O4/c11-9-2-1-8(7-10(9)14(16)17)13(3-5-15)4-6-18-12/h1-2,7,15H,3-6H2. The van der Waals surface area contributed by atoms with Crippen LogP contribution in [0.1, 0.15) is 0 Å². The number of nitrogens with zero attached hydrogens (tertiary/aromatic N) is 2. The topological polar surface area (TPSA) is 75.8 Å². The molecule has 0 atom stereocenters. The van der Waals surface area contributed by atoms with Crippen LogP contribution in [0.25, 0.3) is 0 Å². The van der Waals surface area contributed by atoms with Crippen molar-refractivity contribution < 1.29 is 17.5 Å². The average molecular weight is 370 g/mol. The zero-order valence-corrected chi connectivity index (χ0v) is 11.5. The summed E-state index contributed by atoms with van der Waals surface area (Å²) in [7, 11) is 0. The largest absolute Gasteiger partial charge is 0.395 e. The van der Waals surface area contributed by atoms with Crippen LogP contribution in [-0.4, -0.2) is 36.3 Å². The molecular weight excluding hydrogens is 358 g/mol. The van der Waals surface area contributed by atoms with Gasteiger partial charge in [0.05, 0.1) is 18.1 Å². The SMILES string of the molecule is O=[N+]([O-])c1cc(N(CCO)CCOI)ccc1F. The summed E-state index contributed by atoms with van der Waals surface area (Å²) in [6.45, 7) is 1.03. The molecule has 0 spiro atoms. The number of rotatable bonds is 7. The molecular formula is C10H12FIN2O4. The fourth-order valence-corrected chi connectivity index (χ4v) is 1.67. The summed E-state index contributed by atoms with van der Waals surface area (Å²) in [5, 5.41) is 19.6. The number of nitro benzene ring substituents is 1. The van der Waals surface area contributed by atoms with Gasteiger partial charge in [0, 0.05) is 24.8 Å². The van der Waals surface area contributed by atoms with E-state index in [-0.39, 0.29) is 6.61 Å². The monoisotopic (exact) mass is 370 g/mol. The molecule has 100 valence electrons. The van der Waals surface area contributed by atoms with Crippen molar-refractivity contribution in [3.8, 4) is 0 Å². The molecule has 6 nitrogen and oxygen atoms in total. The smallest absolute Gasteiger partial charge is 0.306 e. The molecule has 0 aromatic heterocycles. The molecule has 0 aliphatic heterocycles. The number of anilines is 1. The van der Waals surface area contributed by atoms with Gasteiger partial charge in [-0.25, -0.2) is 0 Å². The lowest BCUT2D eigenvalue weighted by Gasteiger charge is -2.23. The van der Waals surface area contributed by atoms with Crippen molar-refractivity contribution in [2.24, 2.45) is 0 Å². The van der Waals surface area contributed by atoms with E-state index < -0.39 is 16.4 Å². The molecule has 0 bridgehead atoms. The molecule has 0 unspecified atom stereocenters. The van der Waals surface area contributed by atoms with Crippen LogP contribution >= 0.6 is 23.0 Å². The molecule has 1 rings (SSSR count). The maximum Gasteiger partial charge on any atom is 0.306 e. The number of nitro groups is 1. The normalized spacial score (nSPS) is 10.4. The Balaban J connectivity index is 2.97.